The summed E-state index contributed by atoms with van der Waals surface area (Å²) in [5, 5.41) is 15.6. The van der Waals surface area contributed by atoms with Crippen molar-refractivity contribution in [3.63, 3.8) is 0 Å². The van der Waals surface area contributed by atoms with Gasteiger partial charge in [0.25, 0.3) is 0 Å². The lowest BCUT2D eigenvalue weighted by Crippen LogP contribution is -2.39. The molecule has 43 heavy (non-hydrogen) atoms. The van der Waals surface area contributed by atoms with Crippen LogP contribution in [-0.2, 0) is 9.57 Å². The average molecular weight is 589 g/mol. The molecule has 1 fully saturated rings. The molecule has 8 nitrogen and oxygen atoms in total. The maximum absolute atomic E-state index is 14.4. The van der Waals surface area contributed by atoms with Gasteiger partial charge in [-0.3, -0.25) is 4.98 Å². The quantitative estimate of drug-likeness (QED) is 0.169. The molecule has 0 bridgehead atoms. The second-order valence-corrected chi connectivity index (χ2v) is 11.4. The smallest absolute Gasteiger partial charge is 0.405 e. The molecule has 5 rings (SSSR count). The summed E-state index contributed by atoms with van der Waals surface area (Å²) in [4.78, 5) is 23.0. The molecule has 0 spiro atoms. The molecule has 0 radical (unpaired) electrons. The van der Waals surface area contributed by atoms with Crippen LogP contribution in [0.15, 0.2) is 65.9 Å². The third-order valence-electron chi connectivity index (χ3n) is 7.78. The number of carbonyl (C=O) groups excluding carboxylic acids is 1. The van der Waals surface area contributed by atoms with Crippen LogP contribution in [0.2, 0.25) is 0 Å². The Kier molecular flexibility index (Phi) is 8.47. The lowest BCUT2D eigenvalue weighted by Gasteiger charge is -2.38. The van der Waals surface area contributed by atoms with E-state index in [9.17, 15) is 18.7 Å². The zero-order chi connectivity index (χ0) is 30.7. The Labute approximate surface area is 248 Å². The number of primary amides is 1. The number of para-hydroxylation sites is 1. The Morgan fingerprint density at radius 3 is 2.49 bits per heavy atom. The van der Waals surface area contributed by atoms with Gasteiger partial charge in [0.15, 0.2) is 0 Å². The minimum absolute atomic E-state index is 0.0436. The van der Waals surface area contributed by atoms with E-state index in [1.165, 1.54) is 25.5 Å². The van der Waals surface area contributed by atoms with Gasteiger partial charge in [0.05, 0.1) is 17.4 Å². The molecule has 1 saturated heterocycles. The number of carbonyl (C=O) groups is 1. The van der Waals surface area contributed by atoms with E-state index in [0.29, 0.717) is 47.3 Å². The minimum atomic E-state index is -0.795. The number of aromatic hydroxyl groups is 1. The Bertz CT molecular complexity index is 1660. The van der Waals surface area contributed by atoms with Crippen molar-refractivity contribution in [2.24, 2.45) is 16.8 Å². The number of fused-ring (bicyclic) bond motifs is 1. The van der Waals surface area contributed by atoms with Gasteiger partial charge in [0, 0.05) is 47.4 Å². The fourth-order valence-corrected chi connectivity index (χ4v) is 5.99. The van der Waals surface area contributed by atoms with E-state index < -0.39 is 23.3 Å². The van der Waals surface area contributed by atoms with Crippen LogP contribution in [0.1, 0.15) is 38.7 Å². The van der Waals surface area contributed by atoms with Crippen LogP contribution in [-0.4, -0.2) is 48.2 Å². The predicted molar refractivity (Wildman–Crippen MR) is 163 cm³/mol. The molecule has 4 aromatic rings. The van der Waals surface area contributed by atoms with Gasteiger partial charge in [-0.05, 0) is 80.5 Å². The zero-order valence-corrected chi connectivity index (χ0v) is 24.3. The number of pyridine rings is 1. The molecule has 0 aliphatic carbocycles. The summed E-state index contributed by atoms with van der Waals surface area (Å²) in [7, 11) is 1.43. The SMILES string of the molecule is CON=Cc1cccc(-c2ccc3ncc(-c4cc(F)cc(F)c4)c(N4CCC(CC(C)(C)OC(N)=O)CC4)c3c2)c1O. The van der Waals surface area contributed by atoms with E-state index in [0.717, 1.165) is 35.5 Å². The second kappa shape index (κ2) is 12.2. The number of piperidine rings is 1. The molecule has 2 heterocycles. The molecule has 3 aromatic carbocycles. The van der Waals surface area contributed by atoms with E-state index in [-0.39, 0.29) is 11.7 Å². The number of nitrogens with two attached hydrogens (primary N) is 1. The number of oxime groups is 1. The second-order valence-electron chi connectivity index (χ2n) is 11.4. The first kappa shape index (κ1) is 29.8. The Balaban J connectivity index is 1.59. The number of rotatable bonds is 8. The maximum atomic E-state index is 14.4. The van der Waals surface area contributed by atoms with Crippen molar-refractivity contribution in [3.05, 3.63) is 78.0 Å². The Morgan fingerprint density at radius 2 is 1.81 bits per heavy atom. The molecule has 1 aliphatic heterocycles. The summed E-state index contributed by atoms with van der Waals surface area (Å²) in [6.45, 7) is 5.04. The van der Waals surface area contributed by atoms with Gasteiger partial charge >= 0.3 is 6.09 Å². The zero-order valence-electron chi connectivity index (χ0n) is 24.3. The number of benzene rings is 3. The third kappa shape index (κ3) is 6.69. The van der Waals surface area contributed by atoms with Crippen molar-refractivity contribution >= 4 is 28.9 Å². The largest absolute Gasteiger partial charge is 0.507 e. The number of phenols is 1. The van der Waals surface area contributed by atoms with Gasteiger partial charge in [-0.25, -0.2) is 13.6 Å². The standard InChI is InChI=1S/C33H34F2N4O4/c1-33(2,43-32(36)41)17-20-9-11-39(12-10-20)30-27-15-21(26-6-4-5-22(31(26)40)18-38-42-3)7-8-29(27)37-19-28(30)23-13-24(34)16-25(35)14-23/h4-8,13-16,18-20,40H,9-12,17H2,1-3H3,(H2,36,41). The molecular formula is C33H34F2N4O4. The molecule has 1 aliphatic rings. The number of halogens is 2. The van der Waals surface area contributed by atoms with Crippen molar-refractivity contribution in [2.75, 3.05) is 25.1 Å². The van der Waals surface area contributed by atoms with Gasteiger partial charge in [-0.1, -0.05) is 23.4 Å². The highest BCUT2D eigenvalue weighted by Gasteiger charge is 2.30. The number of hydrogen-bond acceptors (Lipinski definition) is 7. The number of ether oxygens (including phenoxy) is 1. The van der Waals surface area contributed by atoms with Crippen LogP contribution in [0.3, 0.4) is 0 Å². The number of nitrogens with zero attached hydrogens (tertiary/aromatic N) is 3. The normalized spacial score (nSPS) is 14.4. The van der Waals surface area contributed by atoms with Crippen LogP contribution in [0, 0.1) is 17.6 Å². The van der Waals surface area contributed by atoms with Crippen molar-refractivity contribution in [2.45, 2.75) is 38.7 Å². The summed E-state index contributed by atoms with van der Waals surface area (Å²) in [6.07, 6.45) is 4.58. The van der Waals surface area contributed by atoms with Crippen molar-refractivity contribution < 1.29 is 28.3 Å². The minimum Gasteiger partial charge on any atom is -0.507 e. The van der Waals surface area contributed by atoms with E-state index in [1.807, 2.05) is 38.1 Å². The van der Waals surface area contributed by atoms with E-state index in [4.69, 9.17) is 15.3 Å². The van der Waals surface area contributed by atoms with Crippen molar-refractivity contribution in [1.82, 2.24) is 4.98 Å². The first-order valence-electron chi connectivity index (χ1n) is 14.1. The highest BCUT2D eigenvalue weighted by atomic mass is 19.1. The van der Waals surface area contributed by atoms with E-state index >= 15 is 0 Å². The van der Waals surface area contributed by atoms with Crippen LogP contribution in [0.25, 0.3) is 33.2 Å². The average Bonchev–Trinajstić information content (AvgIpc) is 2.95. The molecule has 224 valence electrons. The monoisotopic (exact) mass is 588 g/mol. The number of anilines is 1. The molecule has 1 amide bonds. The Morgan fingerprint density at radius 1 is 1.09 bits per heavy atom. The summed E-state index contributed by atoms with van der Waals surface area (Å²) in [6, 6.07) is 14.5. The van der Waals surface area contributed by atoms with Gasteiger partial charge in [-0.15, -0.1) is 0 Å². The number of phenolic OH excluding ortho intramolecular Hbond substituents is 1. The number of amides is 1. The van der Waals surface area contributed by atoms with E-state index in [2.05, 4.69) is 15.0 Å². The van der Waals surface area contributed by atoms with Crippen LogP contribution in [0.4, 0.5) is 19.3 Å². The lowest BCUT2D eigenvalue weighted by atomic mass is 9.85. The van der Waals surface area contributed by atoms with Gasteiger partial charge < -0.3 is 25.3 Å². The van der Waals surface area contributed by atoms with Gasteiger partial charge in [0.1, 0.15) is 30.1 Å². The van der Waals surface area contributed by atoms with E-state index in [1.54, 1.807) is 18.3 Å². The fourth-order valence-electron chi connectivity index (χ4n) is 5.99. The van der Waals surface area contributed by atoms with Crippen molar-refractivity contribution in [3.8, 4) is 28.0 Å². The van der Waals surface area contributed by atoms with Gasteiger partial charge in [0.2, 0.25) is 0 Å². The third-order valence-corrected chi connectivity index (χ3v) is 7.78. The fraction of sp³-hybridized carbons (Fsp3) is 0.303. The van der Waals surface area contributed by atoms with Crippen molar-refractivity contribution in [1.29, 1.82) is 0 Å². The molecular weight excluding hydrogens is 554 g/mol. The van der Waals surface area contributed by atoms with Crippen LogP contribution < -0.4 is 10.6 Å². The highest BCUT2D eigenvalue weighted by Crippen LogP contribution is 2.42. The number of aromatic nitrogens is 1. The summed E-state index contributed by atoms with van der Waals surface area (Å²) >= 11 is 0. The molecule has 0 atom stereocenters. The van der Waals surface area contributed by atoms with Gasteiger partial charge in [-0.2, -0.15) is 0 Å². The topological polar surface area (TPSA) is 110 Å². The van der Waals surface area contributed by atoms with Crippen LogP contribution >= 0.6 is 0 Å². The first-order chi connectivity index (χ1) is 20.5. The molecule has 1 aromatic heterocycles. The first-order valence-corrected chi connectivity index (χ1v) is 14.1. The maximum Gasteiger partial charge on any atom is 0.405 e. The highest BCUT2D eigenvalue weighted by molar-refractivity contribution is 6.02. The molecule has 0 saturated carbocycles. The summed E-state index contributed by atoms with van der Waals surface area (Å²) in [5.41, 5.74) is 8.89. The lowest BCUT2D eigenvalue weighted by molar-refractivity contribution is 0.0236. The predicted octanol–water partition coefficient (Wildman–Crippen LogP) is 7.01. The molecule has 0 unspecified atom stereocenters. The molecule has 3 N–H and O–H groups in total. The molecule has 10 heteroatoms. The number of hydrogen-bond donors (Lipinski definition) is 2. The summed E-state index contributed by atoms with van der Waals surface area (Å²) in [5.74, 6) is -1.02. The summed E-state index contributed by atoms with van der Waals surface area (Å²) < 4.78 is 34.1. The Hall–Kier alpha value is -4.73. The van der Waals surface area contributed by atoms with Crippen LogP contribution in [0.5, 0.6) is 5.75 Å².